The van der Waals surface area contributed by atoms with Crippen LogP contribution in [0.1, 0.15) is 26.7 Å². The molecular weight excluding hydrogens is 290 g/mol. The summed E-state index contributed by atoms with van der Waals surface area (Å²) in [6.07, 6.45) is 2.28. The number of nitrogens with zero attached hydrogens (tertiary/aromatic N) is 1. The van der Waals surface area contributed by atoms with Crippen LogP contribution in [0, 0.1) is 5.92 Å². The lowest BCUT2D eigenvalue weighted by molar-refractivity contribution is -0.131. The Labute approximate surface area is 136 Å². The molecule has 2 aromatic carbocycles. The van der Waals surface area contributed by atoms with Gasteiger partial charge in [-0.25, -0.2) is 0 Å². The van der Waals surface area contributed by atoms with Gasteiger partial charge in [-0.15, -0.1) is 11.8 Å². The molecule has 1 unspecified atom stereocenters. The summed E-state index contributed by atoms with van der Waals surface area (Å²) in [6, 6.07) is 14.8. The number of hydrogen-bond donors (Lipinski definition) is 0. The van der Waals surface area contributed by atoms with Gasteiger partial charge in [0.05, 0.1) is 5.25 Å². The summed E-state index contributed by atoms with van der Waals surface area (Å²) in [4.78, 5) is 15.8. The van der Waals surface area contributed by atoms with E-state index in [1.165, 1.54) is 15.7 Å². The Hall–Kier alpha value is -1.48. The van der Waals surface area contributed by atoms with Crippen LogP contribution in [0.25, 0.3) is 10.8 Å². The van der Waals surface area contributed by atoms with Crippen molar-refractivity contribution in [2.45, 2.75) is 36.8 Å². The smallest absolute Gasteiger partial charge is 0.235 e. The third kappa shape index (κ3) is 3.46. The van der Waals surface area contributed by atoms with E-state index in [1.807, 2.05) is 11.8 Å². The van der Waals surface area contributed by atoms with Crippen molar-refractivity contribution < 1.29 is 4.79 Å². The highest BCUT2D eigenvalue weighted by atomic mass is 32.2. The molecule has 2 aromatic rings. The monoisotopic (exact) mass is 313 g/mol. The van der Waals surface area contributed by atoms with E-state index in [0.717, 1.165) is 31.8 Å². The van der Waals surface area contributed by atoms with Crippen LogP contribution in [0.15, 0.2) is 47.4 Å². The van der Waals surface area contributed by atoms with Gasteiger partial charge in [0.25, 0.3) is 0 Å². The van der Waals surface area contributed by atoms with E-state index in [0.29, 0.717) is 0 Å². The van der Waals surface area contributed by atoms with Crippen LogP contribution in [0.2, 0.25) is 0 Å². The molecule has 0 radical (unpaired) electrons. The van der Waals surface area contributed by atoms with Crippen molar-refractivity contribution in [2.24, 2.45) is 5.92 Å². The van der Waals surface area contributed by atoms with Gasteiger partial charge in [0, 0.05) is 18.0 Å². The SMILES string of the molecule is CC1CCN(C(=O)C(C)Sc2ccc3ccccc3c2)CC1. The maximum atomic E-state index is 12.6. The van der Waals surface area contributed by atoms with Gasteiger partial charge in [-0.3, -0.25) is 4.79 Å². The van der Waals surface area contributed by atoms with E-state index in [-0.39, 0.29) is 11.2 Å². The molecule has 1 amide bonds. The van der Waals surface area contributed by atoms with Gasteiger partial charge in [-0.2, -0.15) is 0 Å². The van der Waals surface area contributed by atoms with Crippen molar-refractivity contribution in [3.05, 3.63) is 42.5 Å². The zero-order valence-electron chi connectivity index (χ0n) is 13.3. The summed E-state index contributed by atoms with van der Waals surface area (Å²) in [5, 5.41) is 2.46. The van der Waals surface area contributed by atoms with Crippen molar-refractivity contribution >= 4 is 28.4 Å². The van der Waals surface area contributed by atoms with Gasteiger partial charge >= 0.3 is 0 Å². The second-order valence-corrected chi connectivity index (χ2v) is 7.69. The summed E-state index contributed by atoms with van der Waals surface area (Å²) in [7, 11) is 0. The lowest BCUT2D eigenvalue weighted by atomic mass is 9.99. The first-order valence-electron chi connectivity index (χ1n) is 8.08. The molecule has 0 spiro atoms. The highest BCUT2D eigenvalue weighted by molar-refractivity contribution is 8.00. The fourth-order valence-corrected chi connectivity index (χ4v) is 3.98. The van der Waals surface area contributed by atoms with Crippen molar-refractivity contribution in [3.63, 3.8) is 0 Å². The zero-order chi connectivity index (χ0) is 15.5. The van der Waals surface area contributed by atoms with Crippen LogP contribution < -0.4 is 0 Å². The van der Waals surface area contributed by atoms with Crippen molar-refractivity contribution in [3.8, 4) is 0 Å². The Morgan fingerprint density at radius 1 is 1.14 bits per heavy atom. The minimum absolute atomic E-state index is 0.0189. The highest BCUT2D eigenvalue weighted by Crippen LogP contribution is 2.28. The van der Waals surface area contributed by atoms with E-state index in [2.05, 4.69) is 49.4 Å². The van der Waals surface area contributed by atoms with Gasteiger partial charge in [-0.05, 0) is 48.6 Å². The van der Waals surface area contributed by atoms with E-state index in [9.17, 15) is 4.79 Å². The molecule has 2 nitrogen and oxygen atoms in total. The van der Waals surface area contributed by atoms with E-state index in [4.69, 9.17) is 0 Å². The Bertz CT molecular complexity index is 661. The highest BCUT2D eigenvalue weighted by Gasteiger charge is 2.24. The van der Waals surface area contributed by atoms with Crippen LogP contribution in [0.4, 0.5) is 0 Å². The summed E-state index contributed by atoms with van der Waals surface area (Å²) < 4.78 is 0. The molecule has 1 aliphatic heterocycles. The second kappa shape index (κ2) is 6.74. The maximum Gasteiger partial charge on any atom is 0.235 e. The molecule has 116 valence electrons. The number of likely N-dealkylation sites (tertiary alicyclic amines) is 1. The predicted octanol–water partition coefficient (Wildman–Crippen LogP) is 4.58. The molecule has 22 heavy (non-hydrogen) atoms. The van der Waals surface area contributed by atoms with Crippen LogP contribution >= 0.6 is 11.8 Å². The van der Waals surface area contributed by atoms with Crippen LogP contribution in [0.3, 0.4) is 0 Å². The number of carbonyl (C=O) groups excluding carboxylic acids is 1. The number of benzene rings is 2. The number of rotatable bonds is 3. The van der Waals surface area contributed by atoms with Crippen molar-refractivity contribution in [1.82, 2.24) is 4.90 Å². The van der Waals surface area contributed by atoms with E-state index in [1.54, 1.807) is 11.8 Å². The molecule has 1 aliphatic rings. The van der Waals surface area contributed by atoms with Crippen molar-refractivity contribution in [2.75, 3.05) is 13.1 Å². The number of hydrogen-bond acceptors (Lipinski definition) is 2. The molecule has 1 saturated heterocycles. The molecule has 1 atom stereocenters. The van der Waals surface area contributed by atoms with E-state index < -0.39 is 0 Å². The zero-order valence-corrected chi connectivity index (χ0v) is 14.1. The Morgan fingerprint density at radius 2 is 1.82 bits per heavy atom. The number of piperidine rings is 1. The average Bonchev–Trinajstić information content (AvgIpc) is 2.55. The minimum Gasteiger partial charge on any atom is -0.342 e. The molecule has 0 saturated carbocycles. The Morgan fingerprint density at radius 3 is 2.55 bits per heavy atom. The standard InChI is InChI=1S/C19H23NOS/c1-14-9-11-20(12-10-14)19(21)15(2)22-18-8-7-16-5-3-4-6-17(16)13-18/h3-8,13-15H,9-12H2,1-2H3. The molecule has 1 fully saturated rings. The van der Waals surface area contributed by atoms with Gasteiger partial charge in [-0.1, -0.05) is 37.3 Å². The molecule has 0 aliphatic carbocycles. The van der Waals surface area contributed by atoms with Crippen LogP contribution in [-0.2, 0) is 4.79 Å². The largest absolute Gasteiger partial charge is 0.342 e. The Balaban J connectivity index is 1.67. The number of thioether (sulfide) groups is 1. The lowest BCUT2D eigenvalue weighted by Crippen LogP contribution is -2.41. The van der Waals surface area contributed by atoms with E-state index >= 15 is 0 Å². The normalized spacial score (nSPS) is 17.6. The first-order valence-corrected chi connectivity index (χ1v) is 8.95. The van der Waals surface area contributed by atoms with Crippen LogP contribution in [-0.4, -0.2) is 29.1 Å². The van der Waals surface area contributed by atoms with Crippen molar-refractivity contribution in [1.29, 1.82) is 0 Å². The number of amides is 1. The van der Waals surface area contributed by atoms with Gasteiger partial charge < -0.3 is 4.90 Å². The predicted molar refractivity (Wildman–Crippen MR) is 94.2 cm³/mol. The molecule has 0 N–H and O–H groups in total. The van der Waals surface area contributed by atoms with Gasteiger partial charge in [0.15, 0.2) is 0 Å². The third-order valence-electron chi connectivity index (χ3n) is 4.48. The van der Waals surface area contributed by atoms with Crippen LogP contribution in [0.5, 0.6) is 0 Å². The average molecular weight is 313 g/mol. The molecule has 1 heterocycles. The fraction of sp³-hybridized carbons (Fsp3) is 0.421. The molecule has 0 aromatic heterocycles. The minimum atomic E-state index is -0.0189. The molecule has 0 bridgehead atoms. The number of fused-ring (bicyclic) bond motifs is 1. The summed E-state index contributed by atoms with van der Waals surface area (Å²) in [5.41, 5.74) is 0. The quantitative estimate of drug-likeness (QED) is 0.773. The molecule has 3 heteroatoms. The third-order valence-corrected chi connectivity index (χ3v) is 5.56. The second-order valence-electron chi connectivity index (χ2n) is 6.28. The topological polar surface area (TPSA) is 20.3 Å². The first-order chi connectivity index (χ1) is 10.6. The first kappa shape index (κ1) is 15.4. The Kier molecular flexibility index (Phi) is 4.72. The molecular formula is C19H23NOS. The van der Waals surface area contributed by atoms with Gasteiger partial charge in [0.2, 0.25) is 5.91 Å². The summed E-state index contributed by atoms with van der Waals surface area (Å²) in [5.74, 6) is 1.04. The molecule has 3 rings (SSSR count). The van der Waals surface area contributed by atoms with Gasteiger partial charge in [0.1, 0.15) is 0 Å². The fourth-order valence-electron chi connectivity index (χ4n) is 2.98. The summed E-state index contributed by atoms with van der Waals surface area (Å²) in [6.45, 7) is 6.14. The lowest BCUT2D eigenvalue weighted by Gasteiger charge is -2.32. The summed E-state index contributed by atoms with van der Waals surface area (Å²) >= 11 is 1.67. The maximum absolute atomic E-state index is 12.6. The number of carbonyl (C=O) groups is 1.